The van der Waals surface area contributed by atoms with Crippen LogP contribution in [0, 0.1) is 6.92 Å². The monoisotopic (exact) mass is 247 g/mol. The first kappa shape index (κ1) is 14.8. The summed E-state index contributed by atoms with van der Waals surface area (Å²) in [5, 5.41) is 3.42. The van der Waals surface area contributed by atoms with Gasteiger partial charge in [0.1, 0.15) is 5.75 Å². The van der Waals surface area contributed by atoms with E-state index >= 15 is 0 Å². The van der Waals surface area contributed by atoms with Gasteiger partial charge in [0.15, 0.2) is 0 Å². The second-order valence-electron chi connectivity index (χ2n) is 4.57. The average Bonchev–Trinajstić information content (AvgIpc) is 2.37. The van der Waals surface area contributed by atoms with Gasteiger partial charge >= 0.3 is 0 Å². The van der Waals surface area contributed by atoms with Gasteiger partial charge in [0, 0.05) is 12.1 Å². The third kappa shape index (κ3) is 5.37. The van der Waals surface area contributed by atoms with Crippen molar-refractivity contribution < 1.29 is 4.74 Å². The lowest BCUT2D eigenvalue weighted by Crippen LogP contribution is -2.15. The molecule has 0 aliphatic heterocycles. The number of rotatable bonds is 9. The summed E-state index contributed by atoms with van der Waals surface area (Å²) in [6.07, 6.45) is 5.12. The predicted octanol–water partition coefficient (Wildman–Crippen LogP) is 3.84. The van der Waals surface area contributed by atoms with Crippen LogP contribution in [0.1, 0.15) is 37.3 Å². The molecule has 2 nitrogen and oxygen atoms in total. The molecule has 1 aromatic rings. The number of allylic oxidation sites excluding steroid dienone is 1. The van der Waals surface area contributed by atoms with Crippen molar-refractivity contribution in [3.8, 4) is 5.75 Å². The van der Waals surface area contributed by atoms with Gasteiger partial charge in [0.25, 0.3) is 0 Å². The first-order valence-corrected chi connectivity index (χ1v) is 6.82. The lowest BCUT2D eigenvalue weighted by Gasteiger charge is -2.12. The molecular weight excluding hydrogens is 222 g/mol. The zero-order chi connectivity index (χ0) is 13.2. The highest BCUT2D eigenvalue weighted by Crippen LogP contribution is 2.20. The summed E-state index contributed by atoms with van der Waals surface area (Å²) in [5.41, 5.74) is 2.53. The van der Waals surface area contributed by atoms with E-state index in [0.29, 0.717) is 0 Å². The van der Waals surface area contributed by atoms with Crippen LogP contribution < -0.4 is 10.1 Å². The number of ether oxygens (including phenoxy) is 1. The number of benzene rings is 1. The van der Waals surface area contributed by atoms with E-state index < -0.39 is 0 Å². The summed E-state index contributed by atoms with van der Waals surface area (Å²) >= 11 is 0. The van der Waals surface area contributed by atoms with Crippen LogP contribution in [0.25, 0.3) is 0 Å². The van der Waals surface area contributed by atoms with E-state index in [-0.39, 0.29) is 0 Å². The molecule has 100 valence electrons. The molecule has 0 spiro atoms. The van der Waals surface area contributed by atoms with Crippen LogP contribution in [0.4, 0.5) is 0 Å². The van der Waals surface area contributed by atoms with Gasteiger partial charge in [-0.1, -0.05) is 30.7 Å². The van der Waals surface area contributed by atoms with E-state index in [0.717, 1.165) is 44.7 Å². The highest BCUT2D eigenvalue weighted by Gasteiger charge is 2.03. The normalized spacial score (nSPS) is 10.3. The molecular formula is C16H25NO. The van der Waals surface area contributed by atoms with Gasteiger partial charge in [0.2, 0.25) is 0 Å². The Morgan fingerprint density at radius 2 is 2.22 bits per heavy atom. The fraction of sp³-hybridized carbons (Fsp3) is 0.500. The lowest BCUT2D eigenvalue weighted by molar-refractivity contribution is 0.308. The first-order chi connectivity index (χ1) is 8.77. The molecule has 0 saturated heterocycles. The molecule has 0 unspecified atom stereocenters. The van der Waals surface area contributed by atoms with Gasteiger partial charge in [-0.25, -0.2) is 0 Å². The Labute approximate surface area is 111 Å². The quantitative estimate of drug-likeness (QED) is 0.529. The van der Waals surface area contributed by atoms with Crippen LogP contribution in [0.2, 0.25) is 0 Å². The van der Waals surface area contributed by atoms with Crippen LogP contribution in [0.5, 0.6) is 5.75 Å². The van der Waals surface area contributed by atoms with Crippen molar-refractivity contribution in [2.45, 2.75) is 39.7 Å². The highest BCUT2D eigenvalue weighted by atomic mass is 16.5. The molecule has 2 heteroatoms. The van der Waals surface area contributed by atoms with Gasteiger partial charge in [-0.05, 0) is 38.8 Å². The average molecular weight is 247 g/mol. The smallest absolute Gasteiger partial charge is 0.123 e. The number of nitrogens with one attached hydrogen (secondary N) is 1. The van der Waals surface area contributed by atoms with Crippen molar-refractivity contribution in [2.75, 3.05) is 13.2 Å². The molecule has 0 saturated carbocycles. The topological polar surface area (TPSA) is 21.3 Å². The molecule has 18 heavy (non-hydrogen) atoms. The number of aryl methyl sites for hydroxylation is 1. The van der Waals surface area contributed by atoms with E-state index in [1.54, 1.807) is 0 Å². The van der Waals surface area contributed by atoms with Gasteiger partial charge in [-0.15, -0.1) is 6.58 Å². The summed E-state index contributed by atoms with van der Waals surface area (Å²) < 4.78 is 5.84. The zero-order valence-electron chi connectivity index (χ0n) is 11.7. The van der Waals surface area contributed by atoms with Crippen LogP contribution in [0.3, 0.4) is 0 Å². The van der Waals surface area contributed by atoms with Crippen molar-refractivity contribution in [3.05, 3.63) is 42.0 Å². The second kappa shape index (κ2) is 8.76. The molecule has 0 radical (unpaired) electrons. The summed E-state index contributed by atoms with van der Waals surface area (Å²) in [6, 6.07) is 6.38. The SMILES string of the molecule is C=CCCCOc1ccc(C)cc1CNCCC. The number of hydrogen-bond acceptors (Lipinski definition) is 2. The van der Waals surface area contributed by atoms with Gasteiger partial charge in [-0.3, -0.25) is 0 Å². The van der Waals surface area contributed by atoms with Crippen LogP contribution in [-0.4, -0.2) is 13.2 Å². The molecule has 0 aromatic heterocycles. The van der Waals surface area contributed by atoms with Crippen molar-refractivity contribution in [2.24, 2.45) is 0 Å². The molecule has 0 atom stereocenters. The van der Waals surface area contributed by atoms with Crippen LogP contribution in [-0.2, 0) is 6.54 Å². The molecule has 1 rings (SSSR count). The van der Waals surface area contributed by atoms with E-state index in [9.17, 15) is 0 Å². The molecule has 0 fully saturated rings. The van der Waals surface area contributed by atoms with Gasteiger partial charge in [0.05, 0.1) is 6.61 Å². The van der Waals surface area contributed by atoms with E-state index in [4.69, 9.17) is 4.74 Å². The first-order valence-electron chi connectivity index (χ1n) is 6.82. The Kier molecular flexibility index (Phi) is 7.19. The molecule has 0 amide bonds. The van der Waals surface area contributed by atoms with Crippen molar-refractivity contribution in [1.82, 2.24) is 5.32 Å². The highest BCUT2D eigenvalue weighted by molar-refractivity contribution is 5.36. The lowest BCUT2D eigenvalue weighted by atomic mass is 10.1. The van der Waals surface area contributed by atoms with Crippen LogP contribution >= 0.6 is 0 Å². The van der Waals surface area contributed by atoms with E-state index in [1.807, 2.05) is 6.08 Å². The third-order valence-electron chi connectivity index (χ3n) is 2.77. The van der Waals surface area contributed by atoms with E-state index in [2.05, 4.69) is 43.9 Å². The summed E-state index contributed by atoms with van der Waals surface area (Å²) in [6.45, 7) is 10.7. The molecule has 0 bridgehead atoms. The molecule has 0 aliphatic rings. The standard InChI is InChI=1S/C16H25NO/c1-4-6-7-11-18-16-9-8-14(3)12-15(16)13-17-10-5-2/h4,8-9,12,17H,1,5-7,10-11,13H2,2-3H3. The molecule has 0 aliphatic carbocycles. The maximum absolute atomic E-state index is 5.84. The van der Waals surface area contributed by atoms with Gasteiger partial charge < -0.3 is 10.1 Å². The fourth-order valence-corrected chi connectivity index (χ4v) is 1.80. The Balaban J connectivity index is 2.55. The molecule has 1 N–H and O–H groups in total. The Morgan fingerprint density at radius 3 is 2.94 bits per heavy atom. The molecule has 1 aromatic carbocycles. The summed E-state index contributed by atoms with van der Waals surface area (Å²) in [5.74, 6) is 1.01. The molecule has 0 heterocycles. The zero-order valence-corrected chi connectivity index (χ0v) is 11.7. The van der Waals surface area contributed by atoms with Crippen molar-refractivity contribution in [3.63, 3.8) is 0 Å². The van der Waals surface area contributed by atoms with E-state index in [1.165, 1.54) is 11.1 Å². The minimum absolute atomic E-state index is 0.760. The summed E-state index contributed by atoms with van der Waals surface area (Å²) in [7, 11) is 0. The van der Waals surface area contributed by atoms with Crippen molar-refractivity contribution in [1.29, 1.82) is 0 Å². The minimum Gasteiger partial charge on any atom is -0.493 e. The van der Waals surface area contributed by atoms with Crippen molar-refractivity contribution >= 4 is 0 Å². The predicted molar refractivity (Wildman–Crippen MR) is 78.1 cm³/mol. The second-order valence-corrected chi connectivity index (χ2v) is 4.57. The maximum Gasteiger partial charge on any atom is 0.123 e. The fourth-order valence-electron chi connectivity index (χ4n) is 1.80. The van der Waals surface area contributed by atoms with Crippen LogP contribution in [0.15, 0.2) is 30.9 Å². The Morgan fingerprint density at radius 1 is 1.39 bits per heavy atom. The Bertz CT molecular complexity index is 360. The Hall–Kier alpha value is -1.28. The van der Waals surface area contributed by atoms with Gasteiger partial charge in [-0.2, -0.15) is 0 Å². The number of unbranched alkanes of at least 4 members (excludes halogenated alkanes) is 1. The largest absolute Gasteiger partial charge is 0.493 e. The summed E-state index contributed by atoms with van der Waals surface area (Å²) in [4.78, 5) is 0. The third-order valence-corrected chi connectivity index (χ3v) is 2.77. The minimum atomic E-state index is 0.760. The number of hydrogen-bond donors (Lipinski definition) is 1. The maximum atomic E-state index is 5.84.